The van der Waals surface area contributed by atoms with Gasteiger partial charge in [-0.15, -0.1) is 0 Å². The fourth-order valence-electron chi connectivity index (χ4n) is 4.08. The first kappa shape index (κ1) is 20.8. The number of halogens is 1. The van der Waals surface area contributed by atoms with Crippen LogP contribution in [0.2, 0.25) is 5.02 Å². The highest BCUT2D eigenvalue weighted by Crippen LogP contribution is 2.25. The Hall–Kier alpha value is -3.10. The van der Waals surface area contributed by atoms with Crippen molar-refractivity contribution < 1.29 is 0 Å². The van der Waals surface area contributed by atoms with Crippen LogP contribution in [0.4, 0.5) is 5.95 Å². The molecule has 1 aliphatic rings. The fourth-order valence-corrected chi connectivity index (χ4v) is 4.21. The standard InChI is InChI=1S/C23H25ClN8/c24-15-4-1-14(2-5-15)3-10-20-26-12-11-19(29-20)21-18-13-27-23(30-22(18)32-31-21)28-17-8-6-16(25)7-9-17/h1-2,4-5,11-13,16-17H,3,6-10,25H2,(H2,27,28,30,31,32). The van der Waals surface area contributed by atoms with E-state index in [0.717, 1.165) is 66.1 Å². The predicted octanol–water partition coefficient (Wildman–Crippen LogP) is 3.93. The lowest BCUT2D eigenvalue weighted by molar-refractivity contribution is 0.410. The predicted molar refractivity (Wildman–Crippen MR) is 125 cm³/mol. The number of rotatable bonds is 6. The van der Waals surface area contributed by atoms with E-state index in [4.69, 9.17) is 22.3 Å². The summed E-state index contributed by atoms with van der Waals surface area (Å²) >= 11 is 5.97. The zero-order valence-corrected chi connectivity index (χ0v) is 18.4. The van der Waals surface area contributed by atoms with Gasteiger partial charge < -0.3 is 11.1 Å². The van der Waals surface area contributed by atoms with Crippen molar-refractivity contribution in [1.82, 2.24) is 30.1 Å². The van der Waals surface area contributed by atoms with Gasteiger partial charge in [-0.1, -0.05) is 23.7 Å². The van der Waals surface area contributed by atoms with Crippen LogP contribution in [0.15, 0.2) is 42.7 Å². The Morgan fingerprint density at radius 3 is 2.62 bits per heavy atom. The van der Waals surface area contributed by atoms with Crippen LogP contribution in [0.5, 0.6) is 0 Å². The van der Waals surface area contributed by atoms with Gasteiger partial charge in [-0.2, -0.15) is 10.1 Å². The minimum Gasteiger partial charge on any atom is -0.351 e. The maximum atomic E-state index is 6.00. The lowest BCUT2D eigenvalue weighted by atomic mass is 9.92. The second-order valence-electron chi connectivity index (χ2n) is 8.27. The van der Waals surface area contributed by atoms with Gasteiger partial charge in [0.15, 0.2) is 5.65 Å². The summed E-state index contributed by atoms with van der Waals surface area (Å²) in [5.74, 6) is 1.37. The molecule has 164 valence electrons. The summed E-state index contributed by atoms with van der Waals surface area (Å²) in [6.45, 7) is 0. The van der Waals surface area contributed by atoms with Crippen molar-refractivity contribution in [2.45, 2.75) is 50.6 Å². The number of aromatic nitrogens is 6. The number of fused-ring (bicyclic) bond motifs is 1. The third-order valence-corrected chi connectivity index (χ3v) is 6.18. The Morgan fingerprint density at radius 2 is 1.81 bits per heavy atom. The van der Waals surface area contributed by atoms with Gasteiger partial charge in [0, 0.05) is 35.9 Å². The maximum Gasteiger partial charge on any atom is 0.224 e. The number of hydrogen-bond acceptors (Lipinski definition) is 7. The van der Waals surface area contributed by atoms with Crippen LogP contribution in [0, 0.1) is 0 Å². The fraction of sp³-hybridized carbons (Fsp3) is 0.348. The number of H-pyrrole nitrogens is 1. The minimum absolute atomic E-state index is 0.314. The molecule has 1 aromatic carbocycles. The summed E-state index contributed by atoms with van der Waals surface area (Å²) in [6.07, 6.45) is 9.28. The molecule has 0 atom stereocenters. The van der Waals surface area contributed by atoms with E-state index in [9.17, 15) is 0 Å². The molecule has 0 amide bonds. The summed E-state index contributed by atoms with van der Waals surface area (Å²) < 4.78 is 0. The van der Waals surface area contributed by atoms with E-state index >= 15 is 0 Å². The van der Waals surface area contributed by atoms with E-state index in [1.54, 1.807) is 12.4 Å². The normalized spacial score (nSPS) is 18.7. The Morgan fingerprint density at radius 1 is 1.00 bits per heavy atom. The molecule has 1 saturated carbocycles. The molecule has 0 unspecified atom stereocenters. The highest BCUT2D eigenvalue weighted by Gasteiger charge is 2.20. The Bertz CT molecular complexity index is 1200. The molecular formula is C23H25ClN8. The second kappa shape index (κ2) is 9.18. The first-order chi connectivity index (χ1) is 15.6. The summed E-state index contributed by atoms with van der Waals surface area (Å²) in [5.41, 5.74) is 9.39. The number of nitrogens with zero attached hydrogens (tertiary/aromatic N) is 5. The lowest BCUT2D eigenvalue weighted by Crippen LogP contribution is -2.33. The number of hydrogen-bond donors (Lipinski definition) is 3. The van der Waals surface area contributed by atoms with Gasteiger partial charge in [0.05, 0.1) is 16.8 Å². The van der Waals surface area contributed by atoms with Crippen molar-refractivity contribution in [2.75, 3.05) is 5.32 Å². The second-order valence-corrected chi connectivity index (χ2v) is 8.71. The molecule has 0 aliphatic heterocycles. The van der Waals surface area contributed by atoms with E-state index in [1.807, 2.05) is 30.3 Å². The molecule has 8 nitrogen and oxygen atoms in total. The minimum atomic E-state index is 0.314. The lowest BCUT2D eigenvalue weighted by Gasteiger charge is -2.26. The Kier molecular flexibility index (Phi) is 5.96. The molecule has 0 saturated heterocycles. The Balaban J connectivity index is 1.31. The van der Waals surface area contributed by atoms with E-state index < -0.39 is 0 Å². The van der Waals surface area contributed by atoms with Crippen LogP contribution < -0.4 is 11.1 Å². The third kappa shape index (κ3) is 4.71. The number of benzene rings is 1. The number of nitrogens with two attached hydrogens (primary N) is 1. The van der Waals surface area contributed by atoms with Crippen molar-refractivity contribution in [2.24, 2.45) is 5.73 Å². The van der Waals surface area contributed by atoms with Gasteiger partial charge in [-0.25, -0.2) is 15.0 Å². The third-order valence-electron chi connectivity index (χ3n) is 5.93. The molecule has 4 N–H and O–H groups in total. The van der Waals surface area contributed by atoms with Crippen molar-refractivity contribution in [3.05, 3.63) is 59.1 Å². The van der Waals surface area contributed by atoms with Gasteiger partial charge in [0.25, 0.3) is 0 Å². The monoisotopic (exact) mass is 448 g/mol. The molecule has 1 fully saturated rings. The first-order valence-corrected chi connectivity index (χ1v) is 11.3. The van der Waals surface area contributed by atoms with E-state index in [1.165, 1.54) is 5.56 Å². The average Bonchev–Trinajstić information content (AvgIpc) is 3.24. The summed E-state index contributed by atoms with van der Waals surface area (Å²) in [4.78, 5) is 18.3. The van der Waals surface area contributed by atoms with Gasteiger partial charge in [-0.05, 0) is 55.9 Å². The zero-order chi connectivity index (χ0) is 21.9. The molecule has 0 spiro atoms. The van der Waals surface area contributed by atoms with E-state index in [-0.39, 0.29) is 0 Å². The molecule has 0 radical (unpaired) electrons. The van der Waals surface area contributed by atoms with Crippen molar-refractivity contribution in [3.8, 4) is 11.4 Å². The molecule has 4 aromatic rings. The largest absolute Gasteiger partial charge is 0.351 e. The van der Waals surface area contributed by atoms with Crippen molar-refractivity contribution >= 4 is 28.6 Å². The van der Waals surface area contributed by atoms with Crippen LogP contribution in [0.3, 0.4) is 0 Å². The molecule has 9 heteroatoms. The molecule has 5 rings (SSSR count). The average molecular weight is 449 g/mol. The van der Waals surface area contributed by atoms with E-state index in [0.29, 0.717) is 23.7 Å². The van der Waals surface area contributed by atoms with Crippen LogP contribution in [-0.2, 0) is 12.8 Å². The maximum absolute atomic E-state index is 6.00. The summed E-state index contributed by atoms with van der Waals surface area (Å²) in [7, 11) is 0. The van der Waals surface area contributed by atoms with Crippen molar-refractivity contribution in [1.29, 1.82) is 0 Å². The van der Waals surface area contributed by atoms with Crippen molar-refractivity contribution in [3.63, 3.8) is 0 Å². The number of aryl methyl sites for hydroxylation is 2. The quantitative estimate of drug-likeness (QED) is 0.409. The topological polar surface area (TPSA) is 118 Å². The van der Waals surface area contributed by atoms with Crippen LogP contribution >= 0.6 is 11.6 Å². The summed E-state index contributed by atoms with van der Waals surface area (Å²) in [6, 6.07) is 10.4. The molecule has 3 aromatic heterocycles. The first-order valence-electron chi connectivity index (χ1n) is 10.9. The zero-order valence-electron chi connectivity index (χ0n) is 17.6. The summed E-state index contributed by atoms with van der Waals surface area (Å²) in [5, 5.41) is 12.5. The highest BCUT2D eigenvalue weighted by molar-refractivity contribution is 6.30. The van der Waals surface area contributed by atoms with E-state index in [2.05, 4.69) is 30.5 Å². The number of aromatic amines is 1. The van der Waals surface area contributed by atoms with Crippen LogP contribution in [0.1, 0.15) is 37.1 Å². The van der Waals surface area contributed by atoms with Crippen LogP contribution in [0.25, 0.3) is 22.4 Å². The Labute approximate surface area is 191 Å². The van der Waals surface area contributed by atoms with Crippen LogP contribution in [-0.4, -0.2) is 42.2 Å². The van der Waals surface area contributed by atoms with Gasteiger partial charge in [-0.3, -0.25) is 5.10 Å². The molecule has 0 bridgehead atoms. The number of nitrogens with one attached hydrogen (secondary N) is 2. The SMILES string of the molecule is NC1CCC(Nc2ncc3c(-c4ccnc(CCc5ccc(Cl)cc5)n4)[nH]nc3n2)CC1. The molecule has 3 heterocycles. The van der Waals surface area contributed by atoms with Gasteiger partial charge in [0.1, 0.15) is 5.82 Å². The van der Waals surface area contributed by atoms with Gasteiger partial charge >= 0.3 is 0 Å². The number of anilines is 1. The molecular weight excluding hydrogens is 424 g/mol. The smallest absolute Gasteiger partial charge is 0.224 e. The highest BCUT2D eigenvalue weighted by atomic mass is 35.5. The molecule has 32 heavy (non-hydrogen) atoms. The molecule has 1 aliphatic carbocycles. The van der Waals surface area contributed by atoms with Gasteiger partial charge in [0.2, 0.25) is 5.95 Å².